The molecule has 96 valence electrons. The van der Waals surface area contributed by atoms with Crippen LogP contribution in [-0.4, -0.2) is 13.2 Å². The first-order chi connectivity index (χ1) is 8.04. The second-order valence-corrected chi connectivity index (χ2v) is 3.74. The summed E-state index contributed by atoms with van der Waals surface area (Å²) < 4.78 is 41.8. The van der Waals surface area contributed by atoms with Crippen LogP contribution in [0.5, 0.6) is 5.75 Å². The van der Waals surface area contributed by atoms with Crippen molar-refractivity contribution in [3.05, 3.63) is 29.6 Å². The maximum atomic E-state index is 13.1. The average molecular weight is 247 g/mol. The molecule has 0 fully saturated rings. The van der Waals surface area contributed by atoms with Gasteiger partial charge in [-0.3, -0.25) is 0 Å². The van der Waals surface area contributed by atoms with Crippen molar-refractivity contribution in [1.82, 2.24) is 5.32 Å². The Balaban J connectivity index is 2.89. The van der Waals surface area contributed by atoms with Crippen LogP contribution in [0.2, 0.25) is 0 Å². The van der Waals surface area contributed by atoms with Gasteiger partial charge in [0, 0.05) is 11.6 Å². The van der Waals surface area contributed by atoms with Gasteiger partial charge in [-0.25, -0.2) is 4.39 Å². The normalized spacial score (nSPS) is 12.8. The fourth-order valence-electron chi connectivity index (χ4n) is 1.53. The van der Waals surface area contributed by atoms with Crippen molar-refractivity contribution < 1.29 is 17.9 Å². The van der Waals surface area contributed by atoms with Crippen molar-refractivity contribution in [2.24, 2.45) is 0 Å². The summed E-state index contributed by atoms with van der Waals surface area (Å²) in [5, 5.41) is 3.10. The monoisotopic (exact) mass is 247 g/mol. The molecule has 1 aromatic carbocycles. The van der Waals surface area contributed by atoms with Crippen molar-refractivity contribution in [2.75, 3.05) is 6.54 Å². The molecular formula is C12H16F3NO. The minimum Gasteiger partial charge on any atom is -0.434 e. The van der Waals surface area contributed by atoms with E-state index in [-0.39, 0.29) is 11.8 Å². The third-order valence-electron chi connectivity index (χ3n) is 2.35. The van der Waals surface area contributed by atoms with Crippen LogP contribution in [0.3, 0.4) is 0 Å². The van der Waals surface area contributed by atoms with Crippen LogP contribution in [-0.2, 0) is 0 Å². The molecule has 0 aliphatic carbocycles. The van der Waals surface area contributed by atoms with Gasteiger partial charge in [-0.15, -0.1) is 0 Å². The summed E-state index contributed by atoms with van der Waals surface area (Å²) in [4.78, 5) is 0. The highest BCUT2D eigenvalue weighted by Crippen LogP contribution is 2.27. The van der Waals surface area contributed by atoms with Gasteiger partial charge in [0.15, 0.2) is 0 Å². The van der Waals surface area contributed by atoms with Gasteiger partial charge in [0.05, 0.1) is 0 Å². The lowest BCUT2D eigenvalue weighted by Crippen LogP contribution is -2.20. The Morgan fingerprint density at radius 3 is 2.65 bits per heavy atom. The van der Waals surface area contributed by atoms with Gasteiger partial charge in [0.1, 0.15) is 11.6 Å². The van der Waals surface area contributed by atoms with E-state index < -0.39 is 12.4 Å². The van der Waals surface area contributed by atoms with Crippen LogP contribution in [0.4, 0.5) is 13.2 Å². The lowest BCUT2D eigenvalue weighted by molar-refractivity contribution is -0.0507. The Kier molecular flexibility index (Phi) is 5.28. The molecular weight excluding hydrogens is 231 g/mol. The predicted molar refractivity (Wildman–Crippen MR) is 59.7 cm³/mol. The highest BCUT2D eigenvalue weighted by molar-refractivity contribution is 5.36. The van der Waals surface area contributed by atoms with Crippen LogP contribution >= 0.6 is 0 Å². The topological polar surface area (TPSA) is 21.3 Å². The zero-order valence-corrected chi connectivity index (χ0v) is 9.84. The standard InChI is InChI=1S/C12H16F3NO/c1-3-6-16-8(2)10-7-9(13)4-5-11(10)17-12(14)15/h4-5,7-8,12,16H,3,6H2,1-2H3. The second-order valence-electron chi connectivity index (χ2n) is 3.74. The average Bonchev–Trinajstić information content (AvgIpc) is 2.27. The molecule has 0 aromatic heterocycles. The summed E-state index contributed by atoms with van der Waals surface area (Å²) >= 11 is 0. The number of alkyl halides is 2. The van der Waals surface area contributed by atoms with Gasteiger partial charge in [-0.1, -0.05) is 6.92 Å². The fourth-order valence-corrected chi connectivity index (χ4v) is 1.53. The van der Waals surface area contributed by atoms with Gasteiger partial charge in [0.25, 0.3) is 0 Å². The first kappa shape index (κ1) is 13.8. The van der Waals surface area contributed by atoms with Crippen molar-refractivity contribution >= 4 is 0 Å². The van der Waals surface area contributed by atoms with Gasteiger partial charge in [-0.05, 0) is 38.1 Å². The molecule has 1 aromatic rings. The molecule has 0 aliphatic heterocycles. The smallest absolute Gasteiger partial charge is 0.387 e. The van der Waals surface area contributed by atoms with Gasteiger partial charge >= 0.3 is 6.61 Å². The number of ether oxygens (including phenoxy) is 1. The van der Waals surface area contributed by atoms with Gasteiger partial charge in [0.2, 0.25) is 0 Å². The molecule has 1 rings (SSSR count). The van der Waals surface area contributed by atoms with Crippen LogP contribution in [0.15, 0.2) is 18.2 Å². The number of hydrogen-bond acceptors (Lipinski definition) is 2. The van der Waals surface area contributed by atoms with Crippen LogP contribution < -0.4 is 10.1 Å². The van der Waals surface area contributed by atoms with Crippen molar-refractivity contribution in [3.8, 4) is 5.75 Å². The van der Waals surface area contributed by atoms with E-state index in [4.69, 9.17) is 0 Å². The van der Waals surface area contributed by atoms with E-state index in [9.17, 15) is 13.2 Å². The summed E-state index contributed by atoms with van der Waals surface area (Å²) in [7, 11) is 0. The molecule has 1 atom stereocenters. The number of halogens is 3. The summed E-state index contributed by atoms with van der Waals surface area (Å²) in [5.74, 6) is -0.454. The molecule has 0 saturated heterocycles. The molecule has 5 heteroatoms. The molecule has 2 nitrogen and oxygen atoms in total. The fraction of sp³-hybridized carbons (Fsp3) is 0.500. The Morgan fingerprint density at radius 1 is 1.35 bits per heavy atom. The molecule has 1 N–H and O–H groups in total. The van der Waals surface area contributed by atoms with E-state index in [0.717, 1.165) is 19.0 Å². The Morgan fingerprint density at radius 2 is 2.06 bits per heavy atom. The first-order valence-electron chi connectivity index (χ1n) is 5.52. The molecule has 0 radical (unpaired) electrons. The predicted octanol–water partition coefficient (Wildman–Crippen LogP) is 3.49. The van der Waals surface area contributed by atoms with E-state index in [1.165, 1.54) is 12.1 Å². The highest BCUT2D eigenvalue weighted by atomic mass is 19.3. The van der Waals surface area contributed by atoms with E-state index in [2.05, 4.69) is 10.1 Å². The van der Waals surface area contributed by atoms with E-state index in [0.29, 0.717) is 5.56 Å². The molecule has 0 spiro atoms. The number of benzene rings is 1. The largest absolute Gasteiger partial charge is 0.434 e. The van der Waals surface area contributed by atoms with Crippen molar-refractivity contribution in [3.63, 3.8) is 0 Å². The zero-order chi connectivity index (χ0) is 12.8. The first-order valence-corrected chi connectivity index (χ1v) is 5.52. The molecule has 0 heterocycles. The number of nitrogens with one attached hydrogen (secondary N) is 1. The van der Waals surface area contributed by atoms with E-state index in [1.807, 2.05) is 6.92 Å². The van der Waals surface area contributed by atoms with Crippen LogP contribution in [0, 0.1) is 5.82 Å². The molecule has 1 unspecified atom stereocenters. The van der Waals surface area contributed by atoms with Gasteiger partial charge < -0.3 is 10.1 Å². The third-order valence-corrected chi connectivity index (χ3v) is 2.35. The molecule has 17 heavy (non-hydrogen) atoms. The zero-order valence-electron chi connectivity index (χ0n) is 9.84. The van der Waals surface area contributed by atoms with Crippen molar-refractivity contribution in [1.29, 1.82) is 0 Å². The van der Waals surface area contributed by atoms with Crippen LogP contribution in [0.1, 0.15) is 31.9 Å². The van der Waals surface area contributed by atoms with Crippen molar-refractivity contribution in [2.45, 2.75) is 32.9 Å². The number of rotatable bonds is 6. The second kappa shape index (κ2) is 6.49. The number of hydrogen-bond donors (Lipinski definition) is 1. The Bertz CT molecular complexity index is 358. The van der Waals surface area contributed by atoms with E-state index in [1.54, 1.807) is 6.92 Å². The molecule has 0 aliphatic rings. The van der Waals surface area contributed by atoms with E-state index >= 15 is 0 Å². The van der Waals surface area contributed by atoms with Gasteiger partial charge in [-0.2, -0.15) is 8.78 Å². The summed E-state index contributed by atoms with van der Waals surface area (Å²) in [6.45, 7) is 1.59. The Labute approximate surface area is 98.8 Å². The minimum absolute atomic E-state index is 0.0116. The molecule has 0 saturated carbocycles. The minimum atomic E-state index is -2.91. The Hall–Kier alpha value is -1.23. The quantitative estimate of drug-likeness (QED) is 0.830. The SMILES string of the molecule is CCCNC(C)c1cc(F)ccc1OC(F)F. The maximum Gasteiger partial charge on any atom is 0.387 e. The lowest BCUT2D eigenvalue weighted by Gasteiger charge is -2.17. The third kappa shape index (κ3) is 4.26. The molecule has 0 bridgehead atoms. The summed E-state index contributed by atoms with van der Waals surface area (Å²) in [6.07, 6.45) is 0.907. The lowest BCUT2D eigenvalue weighted by atomic mass is 10.1. The maximum absolute atomic E-state index is 13.1. The van der Waals surface area contributed by atoms with Crippen LogP contribution in [0.25, 0.3) is 0 Å². The summed E-state index contributed by atoms with van der Waals surface area (Å²) in [5.41, 5.74) is 0.402. The molecule has 0 amide bonds. The highest BCUT2D eigenvalue weighted by Gasteiger charge is 2.15. The summed E-state index contributed by atoms with van der Waals surface area (Å²) in [6, 6.07) is 3.30.